The minimum Gasteiger partial charge on any atom is -0.381 e. The normalized spacial score (nSPS) is 17.8. The summed E-state index contributed by atoms with van der Waals surface area (Å²) >= 11 is 1.51. The van der Waals surface area contributed by atoms with Crippen molar-refractivity contribution in [3.63, 3.8) is 0 Å². The molecule has 0 aliphatic carbocycles. The molecule has 1 fully saturated rings. The van der Waals surface area contributed by atoms with Crippen LogP contribution < -0.4 is 4.90 Å². The number of nitrogens with zero attached hydrogens (tertiary/aromatic N) is 2. The predicted octanol–water partition coefficient (Wildman–Crippen LogP) is 2.87. The molecule has 1 aliphatic heterocycles. The van der Waals surface area contributed by atoms with Gasteiger partial charge in [0.15, 0.2) is 11.4 Å². The molecule has 5 heteroatoms. The molecule has 0 aromatic carbocycles. The third-order valence-corrected chi connectivity index (χ3v) is 4.55. The van der Waals surface area contributed by atoms with E-state index in [-0.39, 0.29) is 5.41 Å². The van der Waals surface area contributed by atoms with Crippen molar-refractivity contribution >= 4 is 22.8 Å². The van der Waals surface area contributed by atoms with E-state index in [2.05, 4.69) is 25.7 Å². The van der Waals surface area contributed by atoms with Gasteiger partial charge in [-0.1, -0.05) is 32.1 Å². The number of rotatable bonds is 3. The second-order valence-electron chi connectivity index (χ2n) is 6.00. The van der Waals surface area contributed by atoms with Gasteiger partial charge in [0.2, 0.25) is 0 Å². The van der Waals surface area contributed by atoms with Gasteiger partial charge in [0.25, 0.3) is 0 Å². The summed E-state index contributed by atoms with van der Waals surface area (Å²) in [5.74, 6) is 0. The van der Waals surface area contributed by atoms with Gasteiger partial charge in [-0.2, -0.15) is 0 Å². The fourth-order valence-electron chi connectivity index (χ4n) is 2.36. The van der Waals surface area contributed by atoms with E-state index in [9.17, 15) is 4.79 Å². The van der Waals surface area contributed by atoms with E-state index in [4.69, 9.17) is 9.72 Å². The summed E-state index contributed by atoms with van der Waals surface area (Å²) < 4.78 is 5.38. The van der Waals surface area contributed by atoms with Crippen LogP contribution in [0.15, 0.2) is 0 Å². The Labute approximate surface area is 118 Å². The molecule has 0 atom stereocenters. The predicted molar refractivity (Wildman–Crippen MR) is 78.4 cm³/mol. The lowest BCUT2D eigenvalue weighted by molar-refractivity contribution is 0.0819. The van der Waals surface area contributed by atoms with Gasteiger partial charge in [0.1, 0.15) is 0 Å². The van der Waals surface area contributed by atoms with Crippen LogP contribution in [-0.4, -0.2) is 37.6 Å². The zero-order chi connectivity index (χ0) is 14.0. The molecular weight excluding hydrogens is 260 g/mol. The number of ether oxygens (including phenoxy) is 1. The number of aromatic nitrogens is 1. The monoisotopic (exact) mass is 282 g/mol. The highest BCUT2D eigenvalue weighted by Crippen LogP contribution is 2.33. The number of anilines is 1. The Balaban J connectivity index is 2.18. The summed E-state index contributed by atoms with van der Waals surface area (Å²) in [5, 5.41) is 0.974. The first-order chi connectivity index (χ1) is 8.95. The Morgan fingerprint density at radius 3 is 2.42 bits per heavy atom. The Hall–Kier alpha value is -0.940. The Morgan fingerprint density at radius 2 is 2.00 bits per heavy atom. The Morgan fingerprint density at radius 1 is 1.37 bits per heavy atom. The van der Waals surface area contributed by atoms with E-state index < -0.39 is 0 Å². The number of methoxy groups -OCH3 is 1. The van der Waals surface area contributed by atoms with Crippen LogP contribution in [0.5, 0.6) is 0 Å². The summed E-state index contributed by atoms with van der Waals surface area (Å²) in [6.45, 7) is 8.18. The van der Waals surface area contributed by atoms with Gasteiger partial charge in [0, 0.05) is 25.6 Å². The molecule has 1 aliphatic rings. The fraction of sp³-hybridized carbons (Fsp3) is 0.714. The van der Waals surface area contributed by atoms with Gasteiger partial charge >= 0.3 is 0 Å². The molecule has 4 nitrogen and oxygen atoms in total. The molecule has 0 bridgehead atoms. The summed E-state index contributed by atoms with van der Waals surface area (Å²) in [5.41, 5.74) is 0.826. The van der Waals surface area contributed by atoms with Crippen molar-refractivity contribution < 1.29 is 9.53 Å². The van der Waals surface area contributed by atoms with Crippen LogP contribution >= 0.6 is 11.3 Å². The van der Waals surface area contributed by atoms with E-state index in [0.717, 1.165) is 47.9 Å². The molecule has 1 saturated heterocycles. The first-order valence-corrected chi connectivity index (χ1v) is 7.51. The molecular formula is C14H22N2O2S. The molecule has 106 valence electrons. The second kappa shape index (κ2) is 5.59. The number of hydrogen-bond donors (Lipinski definition) is 0. The van der Waals surface area contributed by atoms with Crippen LogP contribution in [0.1, 0.15) is 49.0 Å². The SMILES string of the molecule is COC1CCN(c2nc(C(C)(C)C)c(C=O)s2)CC1. The highest BCUT2D eigenvalue weighted by atomic mass is 32.1. The number of carbonyl (C=O) groups is 1. The average Bonchev–Trinajstić information content (AvgIpc) is 2.83. The molecule has 0 amide bonds. The maximum atomic E-state index is 11.2. The zero-order valence-corrected chi connectivity index (χ0v) is 12.9. The van der Waals surface area contributed by atoms with E-state index in [1.807, 2.05) is 0 Å². The number of carbonyl (C=O) groups excluding carboxylic acids is 1. The Kier molecular flexibility index (Phi) is 4.26. The van der Waals surface area contributed by atoms with Crippen molar-refractivity contribution in [3.05, 3.63) is 10.6 Å². The third kappa shape index (κ3) is 3.15. The smallest absolute Gasteiger partial charge is 0.186 e. The molecule has 0 N–H and O–H groups in total. The molecule has 0 spiro atoms. The minimum atomic E-state index is -0.0875. The van der Waals surface area contributed by atoms with Crippen molar-refractivity contribution in [2.75, 3.05) is 25.1 Å². The lowest BCUT2D eigenvalue weighted by Crippen LogP contribution is -2.36. The van der Waals surface area contributed by atoms with Gasteiger partial charge in [-0.25, -0.2) is 4.98 Å². The molecule has 2 heterocycles. The van der Waals surface area contributed by atoms with Crippen molar-refractivity contribution in [2.45, 2.75) is 45.1 Å². The maximum Gasteiger partial charge on any atom is 0.186 e. The van der Waals surface area contributed by atoms with Crippen molar-refractivity contribution in [1.29, 1.82) is 0 Å². The van der Waals surface area contributed by atoms with Gasteiger partial charge in [-0.15, -0.1) is 0 Å². The second-order valence-corrected chi connectivity index (χ2v) is 7.01. The molecule has 1 aromatic heterocycles. The van der Waals surface area contributed by atoms with E-state index in [0.29, 0.717) is 6.10 Å². The van der Waals surface area contributed by atoms with Gasteiger partial charge < -0.3 is 9.64 Å². The molecule has 0 saturated carbocycles. The summed E-state index contributed by atoms with van der Waals surface area (Å²) in [7, 11) is 1.77. The first kappa shape index (κ1) is 14.5. The van der Waals surface area contributed by atoms with E-state index in [1.165, 1.54) is 11.3 Å². The van der Waals surface area contributed by atoms with Gasteiger partial charge in [-0.3, -0.25) is 4.79 Å². The van der Waals surface area contributed by atoms with Gasteiger partial charge in [-0.05, 0) is 12.8 Å². The average molecular weight is 282 g/mol. The number of hydrogen-bond acceptors (Lipinski definition) is 5. The molecule has 19 heavy (non-hydrogen) atoms. The topological polar surface area (TPSA) is 42.4 Å². The zero-order valence-electron chi connectivity index (χ0n) is 12.1. The molecule has 1 aromatic rings. The molecule has 0 radical (unpaired) electrons. The van der Waals surface area contributed by atoms with E-state index in [1.54, 1.807) is 7.11 Å². The van der Waals surface area contributed by atoms with Crippen molar-refractivity contribution in [3.8, 4) is 0 Å². The van der Waals surface area contributed by atoms with E-state index >= 15 is 0 Å². The lowest BCUT2D eigenvalue weighted by atomic mass is 9.91. The quantitative estimate of drug-likeness (QED) is 0.800. The highest BCUT2D eigenvalue weighted by Gasteiger charge is 2.26. The summed E-state index contributed by atoms with van der Waals surface area (Å²) in [6.07, 6.45) is 3.35. The van der Waals surface area contributed by atoms with Crippen LogP contribution in [0.4, 0.5) is 5.13 Å². The Bertz CT molecular complexity index is 443. The van der Waals surface area contributed by atoms with Crippen LogP contribution in [-0.2, 0) is 10.2 Å². The van der Waals surface area contributed by atoms with Gasteiger partial charge in [0.05, 0.1) is 16.7 Å². The van der Waals surface area contributed by atoms with Crippen LogP contribution in [0.25, 0.3) is 0 Å². The fourth-order valence-corrected chi connectivity index (χ4v) is 3.50. The minimum absolute atomic E-state index is 0.0875. The van der Waals surface area contributed by atoms with Crippen LogP contribution in [0.3, 0.4) is 0 Å². The number of thiazole rings is 1. The number of piperidine rings is 1. The highest BCUT2D eigenvalue weighted by molar-refractivity contribution is 7.17. The summed E-state index contributed by atoms with van der Waals surface area (Å²) in [6, 6.07) is 0. The molecule has 2 rings (SSSR count). The summed E-state index contributed by atoms with van der Waals surface area (Å²) in [4.78, 5) is 18.9. The lowest BCUT2D eigenvalue weighted by Gasteiger charge is -2.30. The standard InChI is InChI=1S/C14H22N2O2S/c1-14(2,3)12-11(9-17)19-13(15-12)16-7-5-10(18-4)6-8-16/h9-10H,5-8H2,1-4H3. The van der Waals surface area contributed by atoms with Crippen molar-refractivity contribution in [2.24, 2.45) is 0 Å². The number of aldehydes is 1. The molecule has 0 unspecified atom stereocenters. The maximum absolute atomic E-state index is 11.2. The van der Waals surface area contributed by atoms with Crippen LogP contribution in [0.2, 0.25) is 0 Å². The largest absolute Gasteiger partial charge is 0.381 e. The van der Waals surface area contributed by atoms with Crippen LogP contribution in [0, 0.1) is 0 Å². The van der Waals surface area contributed by atoms with Crippen molar-refractivity contribution in [1.82, 2.24) is 4.98 Å². The first-order valence-electron chi connectivity index (χ1n) is 6.70. The third-order valence-electron chi connectivity index (χ3n) is 3.51.